The Morgan fingerprint density at radius 3 is 2.31 bits per heavy atom. The number of ether oxygens (including phenoxy) is 1. The molecule has 6 nitrogen and oxygen atoms in total. The molecule has 6 rings (SSSR count). The van der Waals surface area contributed by atoms with Crippen molar-refractivity contribution in [1.29, 1.82) is 0 Å². The zero-order chi connectivity index (χ0) is 32.3. The van der Waals surface area contributed by atoms with E-state index in [1.54, 1.807) is 32.1 Å². The summed E-state index contributed by atoms with van der Waals surface area (Å²) in [4.78, 5) is 17.6. The molecule has 0 aliphatic carbocycles. The molecule has 0 unspecified atom stereocenters. The molecule has 0 saturated carbocycles. The fourth-order valence-electron chi connectivity index (χ4n) is 5.21. The van der Waals surface area contributed by atoms with E-state index in [0.717, 1.165) is 66.2 Å². The number of benzene rings is 4. The fraction of sp³-hybridized carbons (Fsp3) is 0.270. The predicted octanol–water partition coefficient (Wildman–Crippen LogP) is 9.18. The second-order valence-electron chi connectivity index (χ2n) is 12.0. The molecule has 0 aliphatic rings. The minimum Gasteiger partial charge on any atom is -0.466 e. The third kappa shape index (κ3) is 7.79. The molecule has 0 atom stereocenters. The van der Waals surface area contributed by atoms with Crippen LogP contribution in [0, 0.1) is 13.8 Å². The van der Waals surface area contributed by atoms with Crippen LogP contribution in [0.3, 0.4) is 0 Å². The fourth-order valence-corrected chi connectivity index (χ4v) is 6.47. The number of hydrogen-bond acceptors (Lipinski definition) is 6. The number of rotatable bonds is 7. The molecule has 2 aromatic heterocycles. The van der Waals surface area contributed by atoms with Gasteiger partial charge in [-0.05, 0) is 100 Å². The van der Waals surface area contributed by atoms with Gasteiger partial charge in [-0.25, -0.2) is 4.98 Å². The Morgan fingerprint density at radius 2 is 1.64 bits per heavy atom. The molecule has 0 amide bonds. The van der Waals surface area contributed by atoms with Gasteiger partial charge in [0, 0.05) is 21.5 Å². The number of aryl methyl sites for hydroxylation is 2. The summed E-state index contributed by atoms with van der Waals surface area (Å²) < 4.78 is 8.41. The topological polar surface area (TPSA) is 77.2 Å². The quantitative estimate of drug-likeness (QED) is 0.176. The van der Waals surface area contributed by atoms with Crippen LogP contribution in [0.2, 0.25) is 5.02 Å². The normalized spacial score (nSPS) is 11.5. The lowest BCUT2D eigenvalue weighted by Gasteiger charge is -2.14. The number of thiazole rings is 1. The standard InChI is InChI=1S/C33H28ClN3O2S.C4H10O/c1-4-39-30(38)18-26-20(2)16-28-32(31(26)23-10-13-25(34)14-11-23)40-33(35-28)24-12-15-29-27(17-24)21(3)36-37(29)19-22-8-6-5-7-9-22;1-4(2,3)5/h5-17H,4,18-19H2,1-3H3;5H,1-3H3. The summed E-state index contributed by atoms with van der Waals surface area (Å²) in [5.41, 5.74) is 8.73. The number of fused-ring (bicyclic) bond motifs is 2. The van der Waals surface area contributed by atoms with Gasteiger partial charge in [0.05, 0.1) is 46.6 Å². The van der Waals surface area contributed by atoms with Gasteiger partial charge in [0.2, 0.25) is 0 Å². The minimum absolute atomic E-state index is 0.201. The van der Waals surface area contributed by atoms with Crippen molar-refractivity contribution >= 4 is 50.0 Å². The molecule has 0 saturated heterocycles. The molecule has 2 heterocycles. The van der Waals surface area contributed by atoms with Crippen LogP contribution in [0.25, 0.3) is 42.8 Å². The van der Waals surface area contributed by atoms with E-state index in [-0.39, 0.29) is 12.4 Å². The number of aromatic nitrogens is 3. The van der Waals surface area contributed by atoms with Gasteiger partial charge in [0.1, 0.15) is 5.01 Å². The predicted molar refractivity (Wildman–Crippen MR) is 186 cm³/mol. The van der Waals surface area contributed by atoms with Crippen LogP contribution in [0.15, 0.2) is 78.9 Å². The van der Waals surface area contributed by atoms with Gasteiger partial charge in [0.15, 0.2) is 0 Å². The van der Waals surface area contributed by atoms with Crippen molar-refractivity contribution in [2.24, 2.45) is 0 Å². The van der Waals surface area contributed by atoms with E-state index >= 15 is 0 Å². The van der Waals surface area contributed by atoms with Crippen LogP contribution in [0.1, 0.15) is 50.1 Å². The van der Waals surface area contributed by atoms with Crippen molar-refractivity contribution < 1.29 is 14.6 Å². The molecule has 1 N–H and O–H groups in total. The number of carbonyl (C=O) groups excluding carboxylic acids is 1. The number of hydrogen-bond donors (Lipinski definition) is 1. The SMILES string of the molecule is CC(C)(C)O.CCOC(=O)Cc1c(C)cc2nc(-c3ccc4c(c3)c(C)nn4Cc3ccccc3)sc2c1-c1ccc(Cl)cc1. The Kier molecular flexibility index (Phi) is 9.73. The van der Waals surface area contributed by atoms with E-state index < -0.39 is 5.60 Å². The second kappa shape index (κ2) is 13.5. The maximum absolute atomic E-state index is 12.6. The van der Waals surface area contributed by atoms with E-state index in [0.29, 0.717) is 11.6 Å². The van der Waals surface area contributed by atoms with Crippen LogP contribution in [0.5, 0.6) is 0 Å². The van der Waals surface area contributed by atoms with E-state index in [1.807, 2.05) is 44.2 Å². The van der Waals surface area contributed by atoms with Crippen molar-refractivity contribution in [3.63, 3.8) is 0 Å². The van der Waals surface area contributed by atoms with Crippen LogP contribution in [-0.2, 0) is 22.5 Å². The summed E-state index contributed by atoms with van der Waals surface area (Å²) in [7, 11) is 0. The Balaban J connectivity index is 0.000000743. The van der Waals surface area contributed by atoms with Crippen LogP contribution in [-0.4, -0.2) is 38.0 Å². The number of aliphatic hydroxyl groups is 1. The minimum atomic E-state index is -0.500. The summed E-state index contributed by atoms with van der Waals surface area (Å²) in [5, 5.41) is 16.1. The van der Waals surface area contributed by atoms with Crippen molar-refractivity contribution in [1.82, 2.24) is 14.8 Å². The molecule has 0 bridgehead atoms. The first-order valence-electron chi connectivity index (χ1n) is 15.0. The van der Waals surface area contributed by atoms with Crippen LogP contribution < -0.4 is 0 Å². The first-order chi connectivity index (χ1) is 21.4. The van der Waals surface area contributed by atoms with Crippen LogP contribution >= 0.6 is 22.9 Å². The zero-order valence-corrected chi connectivity index (χ0v) is 28.1. The second-order valence-corrected chi connectivity index (χ2v) is 13.5. The van der Waals surface area contributed by atoms with Crippen LogP contribution in [0.4, 0.5) is 0 Å². The van der Waals surface area contributed by atoms with Crippen molar-refractivity contribution in [3.05, 3.63) is 106 Å². The highest BCUT2D eigenvalue weighted by atomic mass is 35.5. The number of carbonyl (C=O) groups is 1. The van der Waals surface area contributed by atoms with E-state index in [4.69, 9.17) is 31.5 Å². The Hall–Kier alpha value is -4.04. The molecular formula is C37H38ClN3O3S. The van der Waals surface area contributed by atoms with Gasteiger partial charge in [-0.3, -0.25) is 9.48 Å². The Labute approximate surface area is 273 Å². The zero-order valence-electron chi connectivity index (χ0n) is 26.5. The third-order valence-corrected chi connectivity index (χ3v) is 8.52. The number of esters is 1. The molecule has 45 heavy (non-hydrogen) atoms. The average Bonchev–Trinajstić information content (AvgIpc) is 3.54. The van der Waals surface area contributed by atoms with Gasteiger partial charge in [-0.2, -0.15) is 5.10 Å². The smallest absolute Gasteiger partial charge is 0.310 e. The first kappa shape index (κ1) is 32.4. The molecule has 6 aromatic rings. The maximum Gasteiger partial charge on any atom is 0.310 e. The van der Waals surface area contributed by atoms with Crippen molar-refractivity contribution in [2.45, 2.75) is 60.1 Å². The van der Waals surface area contributed by atoms with Gasteiger partial charge >= 0.3 is 5.97 Å². The summed E-state index contributed by atoms with van der Waals surface area (Å²) >= 11 is 7.85. The van der Waals surface area contributed by atoms with E-state index in [2.05, 4.69) is 60.1 Å². The maximum atomic E-state index is 12.6. The first-order valence-corrected chi connectivity index (χ1v) is 16.2. The highest BCUT2D eigenvalue weighted by molar-refractivity contribution is 7.22. The average molecular weight is 640 g/mol. The lowest BCUT2D eigenvalue weighted by atomic mass is 9.93. The van der Waals surface area contributed by atoms with Gasteiger partial charge in [0.25, 0.3) is 0 Å². The highest BCUT2D eigenvalue weighted by Crippen LogP contribution is 2.41. The monoisotopic (exact) mass is 639 g/mol. The van der Waals surface area contributed by atoms with E-state index in [9.17, 15) is 4.79 Å². The largest absolute Gasteiger partial charge is 0.466 e. The number of nitrogens with zero attached hydrogens (tertiary/aromatic N) is 3. The summed E-state index contributed by atoms with van der Waals surface area (Å²) in [6.45, 7) is 12.2. The lowest BCUT2D eigenvalue weighted by molar-refractivity contribution is -0.142. The molecule has 0 radical (unpaired) electrons. The molecule has 232 valence electrons. The Bertz CT molecular complexity index is 1950. The summed E-state index contributed by atoms with van der Waals surface area (Å²) in [5.74, 6) is -0.238. The Morgan fingerprint density at radius 1 is 0.978 bits per heavy atom. The molecular weight excluding hydrogens is 602 g/mol. The van der Waals surface area contributed by atoms with Gasteiger partial charge < -0.3 is 9.84 Å². The molecule has 8 heteroatoms. The third-order valence-electron chi connectivity index (χ3n) is 7.13. The highest BCUT2D eigenvalue weighted by Gasteiger charge is 2.21. The van der Waals surface area contributed by atoms with Crippen molar-refractivity contribution in [2.75, 3.05) is 6.61 Å². The van der Waals surface area contributed by atoms with Gasteiger partial charge in [-0.15, -0.1) is 11.3 Å². The van der Waals surface area contributed by atoms with Gasteiger partial charge in [-0.1, -0.05) is 54.1 Å². The molecule has 0 aliphatic heterocycles. The van der Waals surface area contributed by atoms with Crippen molar-refractivity contribution in [3.8, 4) is 21.7 Å². The molecule has 4 aromatic carbocycles. The number of halogens is 1. The summed E-state index contributed by atoms with van der Waals surface area (Å²) in [6, 6.07) is 26.7. The molecule has 0 spiro atoms. The molecule has 0 fully saturated rings. The lowest BCUT2D eigenvalue weighted by Crippen LogP contribution is -2.10. The summed E-state index contributed by atoms with van der Waals surface area (Å²) in [6.07, 6.45) is 0.201. The van der Waals surface area contributed by atoms with E-state index in [1.165, 1.54) is 5.56 Å².